The Morgan fingerprint density at radius 2 is 2.39 bits per heavy atom. The standard InChI is InChI=1S/C16H26N4O3/c1-2-20-15-5-6-19(9-13(15)14(11-21)18-20)10-16(22)17-8-12-4-3-7-23-12/h12,21H,2-11H2,1H3,(H,17,22)/t12-/m1/s1. The second kappa shape index (κ2) is 7.42. The highest BCUT2D eigenvalue weighted by atomic mass is 16.5. The van der Waals surface area contributed by atoms with E-state index in [0.717, 1.165) is 50.2 Å². The maximum atomic E-state index is 12.1. The van der Waals surface area contributed by atoms with E-state index in [9.17, 15) is 9.90 Å². The number of fused-ring (bicyclic) bond motifs is 1. The largest absolute Gasteiger partial charge is 0.390 e. The summed E-state index contributed by atoms with van der Waals surface area (Å²) in [6.45, 7) is 6.14. The fraction of sp³-hybridized carbons (Fsp3) is 0.750. The fourth-order valence-corrected chi connectivity index (χ4v) is 3.43. The maximum Gasteiger partial charge on any atom is 0.234 e. The van der Waals surface area contributed by atoms with Crippen molar-refractivity contribution in [2.24, 2.45) is 0 Å². The Balaban J connectivity index is 1.54. The molecule has 0 aliphatic carbocycles. The van der Waals surface area contributed by atoms with Crippen molar-refractivity contribution in [1.82, 2.24) is 20.0 Å². The summed E-state index contributed by atoms with van der Waals surface area (Å²) in [6.07, 6.45) is 3.16. The van der Waals surface area contributed by atoms with Crippen LogP contribution in [0.15, 0.2) is 0 Å². The second-order valence-corrected chi connectivity index (χ2v) is 6.25. The molecule has 1 atom stereocenters. The Morgan fingerprint density at radius 1 is 1.52 bits per heavy atom. The smallest absolute Gasteiger partial charge is 0.234 e. The highest BCUT2D eigenvalue weighted by Gasteiger charge is 2.25. The lowest BCUT2D eigenvalue weighted by atomic mass is 10.1. The minimum absolute atomic E-state index is 0.0392. The number of aliphatic hydroxyl groups excluding tert-OH is 1. The maximum absolute atomic E-state index is 12.1. The van der Waals surface area contributed by atoms with Crippen LogP contribution < -0.4 is 5.32 Å². The van der Waals surface area contributed by atoms with Crippen LogP contribution in [0.2, 0.25) is 0 Å². The minimum atomic E-state index is -0.0472. The predicted octanol–water partition coefficient (Wildman–Crippen LogP) is 0.0486. The molecule has 128 valence electrons. The van der Waals surface area contributed by atoms with Gasteiger partial charge in [0.2, 0.25) is 5.91 Å². The van der Waals surface area contributed by atoms with E-state index in [4.69, 9.17) is 4.74 Å². The van der Waals surface area contributed by atoms with Gasteiger partial charge in [-0.25, -0.2) is 0 Å². The first-order valence-corrected chi connectivity index (χ1v) is 8.50. The highest BCUT2D eigenvalue weighted by molar-refractivity contribution is 5.78. The molecule has 3 rings (SSSR count). The van der Waals surface area contributed by atoms with Crippen molar-refractivity contribution in [2.45, 2.75) is 52.0 Å². The Morgan fingerprint density at radius 3 is 3.09 bits per heavy atom. The molecule has 1 aromatic heterocycles. The van der Waals surface area contributed by atoms with Crippen LogP contribution >= 0.6 is 0 Å². The van der Waals surface area contributed by atoms with E-state index in [-0.39, 0.29) is 18.6 Å². The number of aromatic nitrogens is 2. The molecule has 2 aliphatic rings. The summed E-state index contributed by atoms with van der Waals surface area (Å²) in [5.41, 5.74) is 3.03. The van der Waals surface area contributed by atoms with Crippen molar-refractivity contribution in [1.29, 1.82) is 0 Å². The van der Waals surface area contributed by atoms with Gasteiger partial charge in [0.05, 0.1) is 24.9 Å². The number of ether oxygens (including phenoxy) is 1. The van der Waals surface area contributed by atoms with Crippen molar-refractivity contribution >= 4 is 5.91 Å². The Bertz CT molecular complexity index is 552. The zero-order valence-electron chi connectivity index (χ0n) is 13.8. The number of aryl methyl sites for hydroxylation is 1. The van der Waals surface area contributed by atoms with Gasteiger partial charge in [-0.15, -0.1) is 0 Å². The monoisotopic (exact) mass is 322 g/mol. The SMILES string of the molecule is CCn1nc(CO)c2c1CCN(CC(=O)NC[C@H]1CCCO1)C2. The molecule has 0 spiro atoms. The third-order valence-electron chi connectivity index (χ3n) is 4.66. The lowest BCUT2D eigenvalue weighted by Crippen LogP contribution is -2.42. The molecule has 7 heteroatoms. The third kappa shape index (κ3) is 3.73. The summed E-state index contributed by atoms with van der Waals surface area (Å²) < 4.78 is 7.49. The molecule has 1 saturated heterocycles. The molecule has 0 unspecified atom stereocenters. The lowest BCUT2D eigenvalue weighted by Gasteiger charge is -2.27. The summed E-state index contributed by atoms with van der Waals surface area (Å²) >= 11 is 0. The molecule has 1 aromatic rings. The Labute approximate surface area is 136 Å². The number of aliphatic hydroxyl groups is 1. The van der Waals surface area contributed by atoms with E-state index in [0.29, 0.717) is 19.6 Å². The van der Waals surface area contributed by atoms with Crippen LogP contribution in [0.5, 0.6) is 0 Å². The number of carbonyl (C=O) groups excluding carboxylic acids is 1. The van der Waals surface area contributed by atoms with Crippen LogP contribution in [-0.4, -0.2) is 58.0 Å². The molecule has 2 N–H and O–H groups in total. The number of hydrogen-bond acceptors (Lipinski definition) is 5. The van der Waals surface area contributed by atoms with Gasteiger partial charge >= 0.3 is 0 Å². The van der Waals surface area contributed by atoms with E-state index in [2.05, 4.69) is 22.2 Å². The average molecular weight is 322 g/mol. The zero-order valence-corrected chi connectivity index (χ0v) is 13.8. The summed E-state index contributed by atoms with van der Waals surface area (Å²) in [5, 5.41) is 16.9. The number of amides is 1. The molecule has 0 bridgehead atoms. The molecule has 1 fully saturated rings. The summed E-state index contributed by atoms with van der Waals surface area (Å²) in [6, 6.07) is 0. The van der Waals surface area contributed by atoms with Gasteiger partial charge in [-0.05, 0) is 19.8 Å². The number of rotatable bonds is 6. The van der Waals surface area contributed by atoms with Crippen LogP contribution in [0, 0.1) is 0 Å². The number of nitrogens with one attached hydrogen (secondary N) is 1. The van der Waals surface area contributed by atoms with Crippen molar-refractivity contribution < 1.29 is 14.6 Å². The van der Waals surface area contributed by atoms with Crippen LogP contribution in [0.3, 0.4) is 0 Å². The summed E-state index contributed by atoms with van der Waals surface area (Å²) in [5.74, 6) is 0.0392. The molecule has 2 aliphatic heterocycles. The minimum Gasteiger partial charge on any atom is -0.390 e. The van der Waals surface area contributed by atoms with Crippen LogP contribution in [0.25, 0.3) is 0 Å². The molecule has 1 amide bonds. The van der Waals surface area contributed by atoms with Gasteiger partial charge in [0.15, 0.2) is 0 Å². The normalized spacial score (nSPS) is 21.4. The lowest BCUT2D eigenvalue weighted by molar-refractivity contribution is -0.123. The number of hydrogen-bond donors (Lipinski definition) is 2. The van der Waals surface area contributed by atoms with E-state index in [1.54, 1.807) is 0 Å². The van der Waals surface area contributed by atoms with Crippen molar-refractivity contribution in [3.63, 3.8) is 0 Å². The van der Waals surface area contributed by atoms with Crippen molar-refractivity contribution in [2.75, 3.05) is 26.2 Å². The van der Waals surface area contributed by atoms with Gasteiger partial charge in [0.1, 0.15) is 0 Å². The van der Waals surface area contributed by atoms with E-state index in [1.807, 2.05) is 4.68 Å². The zero-order chi connectivity index (χ0) is 16.2. The summed E-state index contributed by atoms with van der Waals surface area (Å²) in [7, 11) is 0. The fourth-order valence-electron chi connectivity index (χ4n) is 3.43. The average Bonchev–Trinajstić information content (AvgIpc) is 3.20. The molecular weight excluding hydrogens is 296 g/mol. The molecule has 0 radical (unpaired) electrons. The first-order valence-electron chi connectivity index (χ1n) is 8.50. The van der Waals surface area contributed by atoms with Crippen LogP contribution in [0.1, 0.15) is 36.7 Å². The van der Waals surface area contributed by atoms with Crippen LogP contribution in [0.4, 0.5) is 0 Å². The quantitative estimate of drug-likeness (QED) is 0.773. The van der Waals surface area contributed by atoms with E-state index in [1.165, 1.54) is 5.69 Å². The van der Waals surface area contributed by atoms with Gasteiger partial charge in [0, 0.05) is 50.5 Å². The van der Waals surface area contributed by atoms with Gasteiger partial charge in [-0.2, -0.15) is 5.10 Å². The highest BCUT2D eigenvalue weighted by Crippen LogP contribution is 2.22. The van der Waals surface area contributed by atoms with Crippen molar-refractivity contribution in [3.05, 3.63) is 17.0 Å². The number of carbonyl (C=O) groups is 1. The van der Waals surface area contributed by atoms with Gasteiger partial charge < -0.3 is 15.2 Å². The number of nitrogens with zero attached hydrogens (tertiary/aromatic N) is 3. The Kier molecular flexibility index (Phi) is 5.30. The second-order valence-electron chi connectivity index (χ2n) is 6.25. The molecule has 23 heavy (non-hydrogen) atoms. The van der Waals surface area contributed by atoms with Gasteiger partial charge in [-0.1, -0.05) is 0 Å². The molecule has 0 saturated carbocycles. The van der Waals surface area contributed by atoms with Gasteiger partial charge in [0.25, 0.3) is 0 Å². The van der Waals surface area contributed by atoms with E-state index < -0.39 is 0 Å². The van der Waals surface area contributed by atoms with Gasteiger partial charge in [-0.3, -0.25) is 14.4 Å². The van der Waals surface area contributed by atoms with E-state index >= 15 is 0 Å². The van der Waals surface area contributed by atoms with Crippen LogP contribution in [-0.2, 0) is 35.6 Å². The molecule has 7 nitrogen and oxygen atoms in total. The predicted molar refractivity (Wildman–Crippen MR) is 84.8 cm³/mol. The molecule has 0 aromatic carbocycles. The molecule has 3 heterocycles. The first-order chi connectivity index (χ1) is 11.2. The molecular formula is C16H26N4O3. The third-order valence-corrected chi connectivity index (χ3v) is 4.66. The first kappa shape index (κ1) is 16.4. The summed E-state index contributed by atoms with van der Waals surface area (Å²) in [4.78, 5) is 14.2. The van der Waals surface area contributed by atoms with Crippen molar-refractivity contribution in [3.8, 4) is 0 Å². The topological polar surface area (TPSA) is 79.6 Å². The Hall–Kier alpha value is -1.44.